The Morgan fingerprint density at radius 1 is 1.27 bits per heavy atom. The molecule has 1 saturated carbocycles. The van der Waals surface area contributed by atoms with Crippen LogP contribution in [0.2, 0.25) is 0 Å². The molecule has 1 aliphatic heterocycles. The van der Waals surface area contributed by atoms with Crippen LogP contribution in [0.1, 0.15) is 37.3 Å². The molecule has 3 heterocycles. The smallest absolute Gasteiger partial charge is 0.191 e. The molecule has 176 valence electrons. The van der Waals surface area contributed by atoms with Gasteiger partial charge in [-0.2, -0.15) is 0 Å². The first kappa shape index (κ1) is 22.4. The number of hydrogen-bond donors (Lipinski definition) is 3. The Bertz CT molecular complexity index is 1160. The highest BCUT2D eigenvalue weighted by Crippen LogP contribution is 2.43. The van der Waals surface area contributed by atoms with E-state index < -0.39 is 29.9 Å². The van der Waals surface area contributed by atoms with Crippen LogP contribution in [-0.2, 0) is 4.74 Å². The van der Waals surface area contributed by atoms with Crippen molar-refractivity contribution in [3.63, 3.8) is 0 Å². The molecular formula is C21H24F2N6O3S. The minimum absolute atomic E-state index is 0.0127. The van der Waals surface area contributed by atoms with Gasteiger partial charge in [0.15, 0.2) is 33.8 Å². The van der Waals surface area contributed by atoms with Crippen molar-refractivity contribution in [2.45, 2.75) is 55.1 Å². The van der Waals surface area contributed by atoms with Crippen molar-refractivity contribution >= 4 is 28.7 Å². The van der Waals surface area contributed by atoms with Gasteiger partial charge in [-0.05, 0) is 30.5 Å². The molecule has 33 heavy (non-hydrogen) atoms. The van der Waals surface area contributed by atoms with Crippen molar-refractivity contribution in [1.82, 2.24) is 25.0 Å². The molecule has 1 aromatic carbocycles. The molecule has 3 N–H and O–H groups in total. The van der Waals surface area contributed by atoms with Crippen LogP contribution in [0.5, 0.6) is 0 Å². The number of nitrogens with zero attached hydrogens (tertiary/aromatic N) is 5. The second kappa shape index (κ2) is 9.09. The molecule has 2 aromatic heterocycles. The summed E-state index contributed by atoms with van der Waals surface area (Å²) < 4.78 is 33.9. The van der Waals surface area contributed by atoms with Gasteiger partial charge < -0.3 is 20.3 Å². The number of hydrogen-bond acceptors (Lipinski definition) is 9. The second-order valence-corrected chi connectivity index (χ2v) is 9.35. The van der Waals surface area contributed by atoms with Crippen molar-refractivity contribution in [2.24, 2.45) is 0 Å². The number of rotatable bonds is 8. The van der Waals surface area contributed by atoms with E-state index in [-0.39, 0.29) is 25.2 Å². The van der Waals surface area contributed by atoms with Gasteiger partial charge in [-0.3, -0.25) is 0 Å². The lowest BCUT2D eigenvalue weighted by Crippen LogP contribution is -2.31. The van der Waals surface area contributed by atoms with E-state index in [2.05, 4.69) is 32.5 Å². The Morgan fingerprint density at radius 2 is 2.12 bits per heavy atom. The first-order chi connectivity index (χ1) is 16.0. The number of aliphatic hydroxyl groups excluding tert-OH is 2. The van der Waals surface area contributed by atoms with Crippen LogP contribution in [0.25, 0.3) is 11.2 Å². The van der Waals surface area contributed by atoms with Gasteiger partial charge in [-0.1, -0.05) is 30.0 Å². The molecule has 5 atom stereocenters. The first-order valence-electron chi connectivity index (χ1n) is 10.9. The van der Waals surface area contributed by atoms with Crippen molar-refractivity contribution in [1.29, 1.82) is 0 Å². The Hall–Kier alpha value is -2.41. The second-order valence-electron chi connectivity index (χ2n) is 8.29. The fourth-order valence-corrected chi connectivity index (χ4v) is 4.77. The number of fused-ring (bicyclic) bond motifs is 1. The fourth-order valence-electron chi connectivity index (χ4n) is 4.08. The zero-order valence-corrected chi connectivity index (χ0v) is 18.7. The molecule has 9 nitrogen and oxygen atoms in total. The lowest BCUT2D eigenvalue weighted by molar-refractivity contribution is 0.00177. The monoisotopic (exact) mass is 478 g/mol. The largest absolute Gasteiger partial charge is 0.394 e. The highest BCUT2D eigenvalue weighted by atomic mass is 32.2. The number of aliphatic hydroxyl groups is 2. The fraction of sp³-hybridized carbons (Fsp3) is 0.524. The third kappa shape index (κ3) is 4.27. The van der Waals surface area contributed by atoms with Crippen LogP contribution >= 0.6 is 11.8 Å². The van der Waals surface area contributed by atoms with Gasteiger partial charge in [0.1, 0.15) is 18.2 Å². The molecule has 5 rings (SSSR count). The molecule has 1 saturated heterocycles. The minimum atomic E-state index is -0.945. The number of benzene rings is 1. The molecule has 0 spiro atoms. The third-order valence-electron chi connectivity index (χ3n) is 5.97. The van der Waals surface area contributed by atoms with Crippen molar-refractivity contribution in [2.75, 3.05) is 24.3 Å². The zero-order chi connectivity index (χ0) is 23.1. The normalized spacial score (nSPS) is 26.8. The van der Waals surface area contributed by atoms with Crippen molar-refractivity contribution in [3.05, 3.63) is 35.4 Å². The van der Waals surface area contributed by atoms with Gasteiger partial charge >= 0.3 is 0 Å². The summed E-state index contributed by atoms with van der Waals surface area (Å²) in [5.74, 6) is -0.358. The van der Waals surface area contributed by atoms with E-state index >= 15 is 0 Å². The molecule has 1 aliphatic carbocycles. The molecule has 3 aromatic rings. The molecule has 0 radical (unpaired) electrons. The first-order valence-corrected chi connectivity index (χ1v) is 11.9. The van der Waals surface area contributed by atoms with E-state index in [4.69, 9.17) is 4.74 Å². The average molecular weight is 479 g/mol. The zero-order valence-electron chi connectivity index (χ0n) is 17.9. The predicted molar refractivity (Wildman–Crippen MR) is 117 cm³/mol. The summed E-state index contributed by atoms with van der Waals surface area (Å²) in [5, 5.41) is 32.3. The molecule has 0 amide bonds. The van der Waals surface area contributed by atoms with Crippen LogP contribution in [0.3, 0.4) is 0 Å². The van der Waals surface area contributed by atoms with Gasteiger partial charge in [0.2, 0.25) is 0 Å². The SMILES string of the molecule is CCCSc1nc(N[C@H]2C[C@H]2c2ccc(F)c(F)c2)c2nnn([C@H]3CO[C@@H](CO)[C@@H]3O)c2n1. The highest BCUT2D eigenvalue weighted by molar-refractivity contribution is 7.99. The predicted octanol–water partition coefficient (Wildman–Crippen LogP) is 2.26. The van der Waals surface area contributed by atoms with E-state index in [1.54, 1.807) is 6.07 Å². The van der Waals surface area contributed by atoms with E-state index in [9.17, 15) is 19.0 Å². The molecular weight excluding hydrogens is 454 g/mol. The molecule has 12 heteroatoms. The van der Waals surface area contributed by atoms with Crippen LogP contribution in [0, 0.1) is 11.6 Å². The Morgan fingerprint density at radius 3 is 2.85 bits per heavy atom. The summed E-state index contributed by atoms with van der Waals surface area (Å²) >= 11 is 1.50. The maximum Gasteiger partial charge on any atom is 0.191 e. The van der Waals surface area contributed by atoms with Crippen LogP contribution in [0.15, 0.2) is 23.4 Å². The maximum absolute atomic E-state index is 13.7. The number of nitrogens with one attached hydrogen (secondary N) is 1. The standard InChI is InChI=1S/C21H24F2N6O3S/c1-2-5-33-21-25-19(24-14-7-11(14)10-3-4-12(22)13(23)6-10)17-20(26-21)29(28-27-17)15-9-32-16(8-30)18(15)31/h3-4,6,11,14-16,18,30-31H,2,5,7-9H2,1H3,(H,24,25,26)/t11-,14-,15-,16-,18+/m0/s1. The summed E-state index contributed by atoms with van der Waals surface area (Å²) in [7, 11) is 0. The van der Waals surface area contributed by atoms with Gasteiger partial charge in [0.25, 0.3) is 0 Å². The van der Waals surface area contributed by atoms with Crippen LogP contribution < -0.4 is 5.32 Å². The Balaban J connectivity index is 1.44. The average Bonchev–Trinajstić information content (AvgIpc) is 3.28. The van der Waals surface area contributed by atoms with Gasteiger partial charge in [0.05, 0.1) is 13.2 Å². The van der Waals surface area contributed by atoms with Crippen LogP contribution in [0.4, 0.5) is 14.6 Å². The maximum atomic E-state index is 13.7. The quantitative estimate of drug-likeness (QED) is 0.331. The van der Waals surface area contributed by atoms with Gasteiger partial charge in [-0.15, -0.1) is 5.10 Å². The van der Waals surface area contributed by atoms with Gasteiger partial charge in [0, 0.05) is 17.7 Å². The van der Waals surface area contributed by atoms with Crippen molar-refractivity contribution in [3.8, 4) is 0 Å². The highest BCUT2D eigenvalue weighted by Gasteiger charge is 2.41. The van der Waals surface area contributed by atoms with E-state index in [0.29, 0.717) is 22.1 Å². The molecule has 0 unspecified atom stereocenters. The molecule has 2 fully saturated rings. The lowest BCUT2D eigenvalue weighted by atomic mass is 10.1. The van der Waals surface area contributed by atoms with Gasteiger partial charge in [-0.25, -0.2) is 23.4 Å². The van der Waals surface area contributed by atoms with E-state index in [0.717, 1.165) is 30.2 Å². The topological polar surface area (TPSA) is 118 Å². The molecule has 0 bridgehead atoms. The number of halogens is 2. The summed E-state index contributed by atoms with van der Waals surface area (Å²) in [6.07, 6.45) is 0.0564. The van der Waals surface area contributed by atoms with E-state index in [1.807, 2.05) is 0 Å². The number of thioether (sulfide) groups is 1. The Kier molecular flexibility index (Phi) is 6.16. The van der Waals surface area contributed by atoms with E-state index in [1.165, 1.54) is 22.5 Å². The summed E-state index contributed by atoms with van der Waals surface area (Å²) in [4.78, 5) is 9.24. The third-order valence-corrected chi connectivity index (χ3v) is 7.03. The minimum Gasteiger partial charge on any atom is -0.394 e. The molecule has 2 aliphatic rings. The lowest BCUT2D eigenvalue weighted by Gasteiger charge is -2.16. The number of anilines is 1. The Labute approximate surface area is 192 Å². The van der Waals surface area contributed by atoms with Crippen molar-refractivity contribution < 1.29 is 23.7 Å². The summed E-state index contributed by atoms with van der Waals surface area (Å²) in [6.45, 7) is 1.95. The van der Waals surface area contributed by atoms with Crippen LogP contribution in [-0.4, -0.2) is 72.4 Å². The summed E-state index contributed by atoms with van der Waals surface area (Å²) in [5.41, 5.74) is 1.64. The number of ether oxygens (including phenoxy) is 1. The number of aromatic nitrogens is 5. The summed E-state index contributed by atoms with van der Waals surface area (Å²) in [6, 6.07) is 3.42.